The maximum atomic E-state index is 12.9. The molecule has 1 aliphatic heterocycles. The van der Waals surface area contributed by atoms with Gasteiger partial charge >= 0.3 is 0 Å². The number of carbonyl (C=O) groups excluding carboxylic acids is 1. The summed E-state index contributed by atoms with van der Waals surface area (Å²) in [7, 11) is 0. The molecule has 1 saturated heterocycles. The molecule has 1 aromatic carbocycles. The van der Waals surface area contributed by atoms with Gasteiger partial charge in [-0.25, -0.2) is 4.39 Å². The van der Waals surface area contributed by atoms with Crippen molar-refractivity contribution in [3.8, 4) is 11.5 Å². The van der Waals surface area contributed by atoms with Gasteiger partial charge in [0.1, 0.15) is 11.5 Å². The van der Waals surface area contributed by atoms with E-state index in [9.17, 15) is 9.18 Å². The number of aromatic nitrogens is 2. The molecule has 144 valence electrons. The summed E-state index contributed by atoms with van der Waals surface area (Å²) in [5, 5.41) is 8.51. The largest absolute Gasteiger partial charge is 0.463 e. The number of hydrogen-bond acceptors (Lipinski definition) is 6. The van der Waals surface area contributed by atoms with E-state index in [1.165, 1.54) is 23.9 Å². The van der Waals surface area contributed by atoms with Crippen LogP contribution in [-0.2, 0) is 4.79 Å². The minimum Gasteiger partial charge on any atom is -0.463 e. The smallest absolute Gasteiger partial charge is 0.233 e. The second-order valence-corrected chi connectivity index (χ2v) is 7.41. The molecule has 0 spiro atoms. The zero-order valence-electron chi connectivity index (χ0n) is 15.1. The zero-order valence-corrected chi connectivity index (χ0v) is 15.9. The Morgan fingerprint density at radius 2 is 1.82 bits per heavy atom. The van der Waals surface area contributed by atoms with Crippen LogP contribution in [0.1, 0.15) is 0 Å². The van der Waals surface area contributed by atoms with Crippen LogP contribution in [0.5, 0.6) is 0 Å². The minimum absolute atomic E-state index is 0.0910. The molecular weight excluding hydrogens is 379 g/mol. The van der Waals surface area contributed by atoms with Crippen LogP contribution in [0.25, 0.3) is 11.5 Å². The van der Waals surface area contributed by atoms with Crippen LogP contribution in [0.2, 0.25) is 0 Å². The lowest BCUT2D eigenvalue weighted by atomic mass is 10.3. The minimum atomic E-state index is -0.271. The SMILES string of the molecule is O=C(CSc1ccc(F)cc1)N1CCN(c2ccc(-c3ccco3)nn2)CC1. The van der Waals surface area contributed by atoms with Crippen LogP contribution in [0.3, 0.4) is 0 Å². The Hall–Kier alpha value is -2.87. The number of amides is 1. The van der Waals surface area contributed by atoms with Crippen LogP contribution in [0.15, 0.2) is 64.1 Å². The monoisotopic (exact) mass is 398 g/mol. The number of anilines is 1. The first kappa shape index (κ1) is 18.5. The predicted molar refractivity (Wildman–Crippen MR) is 106 cm³/mol. The lowest BCUT2D eigenvalue weighted by Crippen LogP contribution is -2.49. The fourth-order valence-electron chi connectivity index (χ4n) is 3.00. The van der Waals surface area contributed by atoms with Crippen molar-refractivity contribution in [3.05, 3.63) is 60.6 Å². The van der Waals surface area contributed by atoms with Crippen molar-refractivity contribution in [2.75, 3.05) is 36.8 Å². The first-order valence-electron chi connectivity index (χ1n) is 8.98. The highest BCUT2D eigenvalue weighted by atomic mass is 32.2. The second kappa shape index (κ2) is 8.43. The number of rotatable bonds is 5. The Morgan fingerprint density at radius 1 is 1.04 bits per heavy atom. The lowest BCUT2D eigenvalue weighted by molar-refractivity contribution is -0.128. The Balaban J connectivity index is 1.28. The van der Waals surface area contributed by atoms with Gasteiger partial charge in [0.15, 0.2) is 11.6 Å². The van der Waals surface area contributed by atoms with Gasteiger partial charge in [-0.15, -0.1) is 22.0 Å². The Bertz CT molecular complexity index is 908. The van der Waals surface area contributed by atoms with Crippen molar-refractivity contribution in [2.24, 2.45) is 0 Å². The molecule has 3 heterocycles. The van der Waals surface area contributed by atoms with E-state index in [4.69, 9.17) is 4.42 Å². The van der Waals surface area contributed by atoms with Gasteiger partial charge in [-0.2, -0.15) is 0 Å². The molecule has 1 amide bonds. The van der Waals surface area contributed by atoms with Gasteiger partial charge < -0.3 is 14.2 Å². The van der Waals surface area contributed by atoms with Crippen molar-refractivity contribution in [2.45, 2.75) is 4.90 Å². The van der Waals surface area contributed by atoms with Crippen molar-refractivity contribution in [1.29, 1.82) is 0 Å². The van der Waals surface area contributed by atoms with E-state index < -0.39 is 0 Å². The molecule has 0 N–H and O–H groups in total. The summed E-state index contributed by atoms with van der Waals surface area (Å²) in [5.74, 6) is 1.65. The zero-order chi connectivity index (χ0) is 19.3. The average molecular weight is 398 g/mol. The highest BCUT2D eigenvalue weighted by molar-refractivity contribution is 8.00. The van der Waals surface area contributed by atoms with E-state index in [0.717, 1.165) is 10.7 Å². The van der Waals surface area contributed by atoms with Crippen molar-refractivity contribution in [3.63, 3.8) is 0 Å². The Kier molecular flexibility index (Phi) is 5.57. The molecule has 6 nitrogen and oxygen atoms in total. The number of piperazine rings is 1. The first-order valence-corrected chi connectivity index (χ1v) is 9.96. The van der Waals surface area contributed by atoms with E-state index >= 15 is 0 Å². The van der Waals surface area contributed by atoms with Gasteiger partial charge in [-0.05, 0) is 48.5 Å². The van der Waals surface area contributed by atoms with Crippen LogP contribution >= 0.6 is 11.8 Å². The van der Waals surface area contributed by atoms with Crippen molar-refractivity contribution < 1.29 is 13.6 Å². The van der Waals surface area contributed by atoms with Gasteiger partial charge in [-0.1, -0.05) is 0 Å². The van der Waals surface area contributed by atoms with Crippen LogP contribution in [-0.4, -0.2) is 52.9 Å². The molecule has 2 aromatic heterocycles. The second-order valence-electron chi connectivity index (χ2n) is 6.36. The molecule has 8 heteroatoms. The van der Waals surface area contributed by atoms with Crippen LogP contribution in [0.4, 0.5) is 10.2 Å². The number of thioether (sulfide) groups is 1. The molecule has 0 saturated carbocycles. The Morgan fingerprint density at radius 3 is 2.46 bits per heavy atom. The summed E-state index contributed by atoms with van der Waals surface area (Å²) in [4.78, 5) is 17.3. The molecule has 0 bridgehead atoms. The third kappa shape index (κ3) is 4.33. The third-order valence-corrected chi connectivity index (χ3v) is 5.55. The molecule has 3 aromatic rings. The number of halogens is 1. The fraction of sp³-hybridized carbons (Fsp3) is 0.250. The lowest BCUT2D eigenvalue weighted by Gasteiger charge is -2.35. The molecule has 0 radical (unpaired) electrons. The highest BCUT2D eigenvalue weighted by Gasteiger charge is 2.22. The predicted octanol–water partition coefficient (Wildman–Crippen LogP) is 3.32. The summed E-state index contributed by atoms with van der Waals surface area (Å²) in [5.41, 5.74) is 0.695. The summed E-state index contributed by atoms with van der Waals surface area (Å²) < 4.78 is 18.3. The van der Waals surface area contributed by atoms with E-state index in [1.54, 1.807) is 18.4 Å². The highest BCUT2D eigenvalue weighted by Crippen LogP contribution is 2.21. The number of nitrogens with zero attached hydrogens (tertiary/aromatic N) is 4. The Labute approximate surface area is 166 Å². The summed E-state index contributed by atoms with van der Waals surface area (Å²) >= 11 is 1.43. The summed E-state index contributed by atoms with van der Waals surface area (Å²) in [6, 6.07) is 13.7. The number of hydrogen-bond donors (Lipinski definition) is 0. The van der Waals surface area contributed by atoms with Crippen molar-refractivity contribution in [1.82, 2.24) is 15.1 Å². The van der Waals surface area contributed by atoms with Crippen LogP contribution < -0.4 is 4.90 Å². The standard InChI is InChI=1S/C20H19FN4O2S/c21-15-3-5-16(6-4-15)28-14-20(26)25-11-9-24(10-12-25)19-8-7-17(22-23-19)18-2-1-13-27-18/h1-8,13H,9-12,14H2. The molecule has 1 fully saturated rings. The maximum Gasteiger partial charge on any atom is 0.233 e. The average Bonchev–Trinajstić information content (AvgIpc) is 3.28. The van der Waals surface area contributed by atoms with E-state index in [2.05, 4.69) is 15.1 Å². The topological polar surface area (TPSA) is 62.5 Å². The van der Waals surface area contributed by atoms with E-state index in [0.29, 0.717) is 43.4 Å². The van der Waals surface area contributed by atoms with Gasteiger partial charge in [0.25, 0.3) is 0 Å². The summed E-state index contributed by atoms with van der Waals surface area (Å²) in [6.45, 7) is 2.71. The van der Waals surface area contributed by atoms with E-state index in [1.807, 2.05) is 29.2 Å². The molecule has 1 aliphatic rings. The molecule has 0 aliphatic carbocycles. The van der Waals surface area contributed by atoms with Crippen molar-refractivity contribution >= 4 is 23.5 Å². The maximum absolute atomic E-state index is 12.9. The van der Waals surface area contributed by atoms with Gasteiger partial charge in [0.2, 0.25) is 5.91 Å². The summed E-state index contributed by atoms with van der Waals surface area (Å²) in [6.07, 6.45) is 1.61. The van der Waals surface area contributed by atoms with E-state index in [-0.39, 0.29) is 11.7 Å². The number of benzene rings is 1. The quantitative estimate of drug-likeness (QED) is 0.615. The van der Waals surface area contributed by atoms with Gasteiger partial charge in [0, 0.05) is 31.1 Å². The van der Waals surface area contributed by atoms with Gasteiger partial charge in [0.05, 0.1) is 12.0 Å². The fourth-order valence-corrected chi connectivity index (χ4v) is 3.80. The first-order chi connectivity index (χ1) is 13.7. The number of furan rings is 1. The third-order valence-electron chi connectivity index (χ3n) is 4.56. The molecule has 4 rings (SSSR count). The molecule has 0 atom stereocenters. The molecular formula is C20H19FN4O2S. The van der Waals surface area contributed by atoms with Crippen LogP contribution in [0, 0.1) is 5.82 Å². The molecule has 0 unspecified atom stereocenters. The number of carbonyl (C=O) groups is 1. The van der Waals surface area contributed by atoms with Gasteiger partial charge in [-0.3, -0.25) is 4.79 Å². The normalized spacial score (nSPS) is 14.3. The molecule has 28 heavy (non-hydrogen) atoms.